The van der Waals surface area contributed by atoms with Gasteiger partial charge in [0.05, 0.1) is 11.9 Å². The van der Waals surface area contributed by atoms with Crippen LogP contribution in [0.15, 0.2) is 66.7 Å². The van der Waals surface area contributed by atoms with Crippen molar-refractivity contribution in [1.29, 1.82) is 0 Å². The molecule has 0 fully saturated rings. The number of aliphatic hydroxyl groups excluding tert-OH is 1. The maximum atomic E-state index is 12.8. The van der Waals surface area contributed by atoms with Crippen LogP contribution in [0.25, 0.3) is 0 Å². The van der Waals surface area contributed by atoms with Gasteiger partial charge in [-0.3, -0.25) is 9.78 Å². The summed E-state index contributed by atoms with van der Waals surface area (Å²) < 4.78 is 11.8. The number of ether oxygens (including phenoxy) is 2. The second-order valence-electron chi connectivity index (χ2n) is 6.63. The zero-order chi connectivity index (χ0) is 19.8. The van der Waals surface area contributed by atoms with Gasteiger partial charge in [0, 0.05) is 31.2 Å². The number of benzene rings is 1. The molecule has 0 bridgehead atoms. The number of allylic oxidation sites excluding steroid dienone is 1. The number of hydrogen-bond donors (Lipinski definition) is 2. The van der Waals surface area contributed by atoms with Gasteiger partial charge in [-0.1, -0.05) is 30.3 Å². The van der Waals surface area contributed by atoms with Crippen LogP contribution in [-0.2, 0) is 14.3 Å². The summed E-state index contributed by atoms with van der Waals surface area (Å²) in [4.78, 5) is 16.8. The minimum absolute atomic E-state index is 0.00411. The van der Waals surface area contributed by atoms with E-state index < -0.39 is 6.29 Å². The number of rotatable bonds is 8. The number of carbonyl (C=O) groups excluding carboxylic acids is 1. The molecule has 1 aliphatic heterocycles. The molecule has 1 aliphatic rings. The number of nitrogens with zero attached hydrogens (tertiary/aromatic N) is 1. The Bertz CT molecular complexity index is 780. The third-order valence-electron chi connectivity index (χ3n) is 4.74. The molecule has 3 atom stereocenters. The molecule has 2 N–H and O–H groups in total. The van der Waals surface area contributed by atoms with Crippen LogP contribution in [0.3, 0.4) is 0 Å². The highest BCUT2D eigenvalue weighted by Gasteiger charge is 2.37. The van der Waals surface area contributed by atoms with Crippen molar-refractivity contribution < 1.29 is 19.4 Å². The predicted molar refractivity (Wildman–Crippen MR) is 106 cm³/mol. The van der Waals surface area contributed by atoms with Crippen LogP contribution in [0, 0.1) is 5.92 Å². The van der Waals surface area contributed by atoms with Gasteiger partial charge in [0.2, 0.25) is 6.29 Å². The standard InChI is InChI=1S/C22H26N2O4/c1-2-27-22-18(11-7-13-25)19(16-8-4-3-5-9-16)14-20(28-22)21(26)24-17-10-6-12-23-15-17/h3-6,8-10,12,14-15,18-19,22,25H,2,7,11,13H2,1H3,(H,24,26)/t18-,19+,22+/m0/s1. The fraction of sp³-hybridized carbons (Fsp3) is 0.364. The summed E-state index contributed by atoms with van der Waals surface area (Å²) in [6.07, 6.45) is 5.91. The van der Waals surface area contributed by atoms with Crippen molar-refractivity contribution in [3.05, 3.63) is 72.3 Å². The Labute approximate surface area is 165 Å². The van der Waals surface area contributed by atoms with Crippen LogP contribution in [0.4, 0.5) is 5.69 Å². The normalized spacial score (nSPS) is 21.5. The van der Waals surface area contributed by atoms with Gasteiger partial charge in [-0.25, -0.2) is 0 Å². The maximum absolute atomic E-state index is 12.8. The Morgan fingerprint density at radius 2 is 2.07 bits per heavy atom. The van der Waals surface area contributed by atoms with Crippen molar-refractivity contribution >= 4 is 11.6 Å². The van der Waals surface area contributed by atoms with E-state index in [4.69, 9.17) is 9.47 Å². The maximum Gasteiger partial charge on any atom is 0.290 e. The van der Waals surface area contributed by atoms with Gasteiger partial charge >= 0.3 is 0 Å². The van der Waals surface area contributed by atoms with Crippen LogP contribution < -0.4 is 5.32 Å². The summed E-state index contributed by atoms with van der Waals surface area (Å²) in [7, 11) is 0. The van der Waals surface area contributed by atoms with Crippen LogP contribution in [0.2, 0.25) is 0 Å². The second-order valence-corrected chi connectivity index (χ2v) is 6.63. The lowest BCUT2D eigenvalue weighted by Crippen LogP contribution is -2.37. The van der Waals surface area contributed by atoms with Crippen molar-refractivity contribution in [2.45, 2.75) is 32.0 Å². The highest BCUT2D eigenvalue weighted by atomic mass is 16.7. The first-order chi connectivity index (χ1) is 13.7. The number of amides is 1. The number of anilines is 1. The molecule has 3 rings (SSSR count). The van der Waals surface area contributed by atoms with Crippen LogP contribution in [0.5, 0.6) is 0 Å². The van der Waals surface area contributed by atoms with E-state index in [1.54, 1.807) is 24.5 Å². The fourth-order valence-corrected chi connectivity index (χ4v) is 3.45. The Morgan fingerprint density at radius 3 is 2.75 bits per heavy atom. The van der Waals surface area contributed by atoms with Crippen LogP contribution in [-0.4, -0.2) is 35.5 Å². The molecule has 6 nitrogen and oxygen atoms in total. The van der Waals surface area contributed by atoms with E-state index >= 15 is 0 Å². The zero-order valence-corrected chi connectivity index (χ0v) is 16.0. The first-order valence-electron chi connectivity index (χ1n) is 9.60. The average Bonchev–Trinajstić information content (AvgIpc) is 2.74. The monoisotopic (exact) mass is 382 g/mol. The Balaban J connectivity index is 1.90. The summed E-state index contributed by atoms with van der Waals surface area (Å²) in [6, 6.07) is 13.5. The molecule has 28 heavy (non-hydrogen) atoms. The third kappa shape index (κ3) is 4.97. The minimum atomic E-state index is -0.554. The lowest BCUT2D eigenvalue weighted by molar-refractivity contribution is -0.165. The predicted octanol–water partition coefficient (Wildman–Crippen LogP) is 3.47. The van der Waals surface area contributed by atoms with Gasteiger partial charge in [0.25, 0.3) is 5.91 Å². The van der Waals surface area contributed by atoms with Gasteiger partial charge in [-0.15, -0.1) is 0 Å². The molecule has 2 heterocycles. The summed E-state index contributed by atoms with van der Waals surface area (Å²) in [5.74, 6) is -0.146. The lowest BCUT2D eigenvalue weighted by atomic mass is 9.80. The highest BCUT2D eigenvalue weighted by Crippen LogP contribution is 2.39. The molecule has 1 aromatic heterocycles. The van der Waals surface area contributed by atoms with Gasteiger partial charge in [-0.05, 0) is 43.5 Å². The number of pyridine rings is 1. The SMILES string of the molecule is CCO[C@@H]1OC(C(=O)Nc2cccnc2)=C[C@H](c2ccccc2)[C@@H]1CCCO. The van der Waals surface area contributed by atoms with Crippen molar-refractivity contribution in [3.8, 4) is 0 Å². The van der Waals surface area contributed by atoms with Gasteiger partial charge in [0.1, 0.15) is 0 Å². The molecule has 1 aromatic carbocycles. The molecular weight excluding hydrogens is 356 g/mol. The fourth-order valence-electron chi connectivity index (χ4n) is 3.45. The molecule has 0 saturated heterocycles. The highest BCUT2D eigenvalue weighted by molar-refractivity contribution is 6.02. The number of aliphatic hydroxyl groups is 1. The van der Waals surface area contributed by atoms with Gasteiger partial charge < -0.3 is 19.9 Å². The smallest absolute Gasteiger partial charge is 0.290 e. The van der Waals surface area contributed by atoms with E-state index in [9.17, 15) is 9.90 Å². The lowest BCUT2D eigenvalue weighted by Gasteiger charge is -2.37. The van der Waals surface area contributed by atoms with Crippen molar-refractivity contribution in [2.75, 3.05) is 18.5 Å². The molecule has 0 spiro atoms. The molecular formula is C22H26N2O4. The summed E-state index contributed by atoms with van der Waals surface area (Å²) in [6.45, 7) is 2.48. The van der Waals surface area contributed by atoms with E-state index in [2.05, 4.69) is 10.3 Å². The third-order valence-corrected chi connectivity index (χ3v) is 4.74. The van der Waals surface area contributed by atoms with Crippen molar-refractivity contribution in [3.63, 3.8) is 0 Å². The van der Waals surface area contributed by atoms with E-state index in [-0.39, 0.29) is 30.1 Å². The summed E-state index contributed by atoms with van der Waals surface area (Å²) in [5.41, 5.74) is 1.69. The van der Waals surface area contributed by atoms with Crippen molar-refractivity contribution in [2.24, 2.45) is 5.92 Å². The Morgan fingerprint density at radius 1 is 1.25 bits per heavy atom. The molecule has 0 radical (unpaired) electrons. The van der Waals surface area contributed by atoms with Crippen LogP contribution >= 0.6 is 0 Å². The largest absolute Gasteiger partial charge is 0.459 e. The summed E-state index contributed by atoms with van der Waals surface area (Å²) >= 11 is 0. The van der Waals surface area contributed by atoms with Gasteiger partial charge in [0.15, 0.2) is 5.76 Å². The topological polar surface area (TPSA) is 80.7 Å². The summed E-state index contributed by atoms with van der Waals surface area (Å²) in [5, 5.41) is 12.1. The van der Waals surface area contributed by atoms with E-state index in [0.29, 0.717) is 18.7 Å². The van der Waals surface area contributed by atoms with E-state index in [0.717, 1.165) is 12.0 Å². The number of carbonyl (C=O) groups is 1. The van der Waals surface area contributed by atoms with Gasteiger partial charge in [-0.2, -0.15) is 0 Å². The van der Waals surface area contributed by atoms with Crippen molar-refractivity contribution in [1.82, 2.24) is 4.98 Å². The average molecular weight is 382 g/mol. The Kier molecular flexibility index (Phi) is 7.17. The molecule has 0 unspecified atom stereocenters. The Hall–Kier alpha value is -2.70. The molecule has 148 valence electrons. The molecule has 1 amide bonds. The first kappa shape index (κ1) is 20.0. The zero-order valence-electron chi connectivity index (χ0n) is 16.0. The number of hydrogen-bond acceptors (Lipinski definition) is 5. The quantitative estimate of drug-likeness (QED) is 0.731. The molecule has 2 aromatic rings. The number of aromatic nitrogens is 1. The molecule has 0 saturated carbocycles. The molecule has 0 aliphatic carbocycles. The number of nitrogens with one attached hydrogen (secondary N) is 1. The second kappa shape index (κ2) is 10.0. The first-order valence-corrected chi connectivity index (χ1v) is 9.60. The van der Waals surface area contributed by atoms with E-state index in [1.807, 2.05) is 43.3 Å². The minimum Gasteiger partial charge on any atom is -0.459 e. The van der Waals surface area contributed by atoms with Crippen LogP contribution in [0.1, 0.15) is 31.2 Å². The van der Waals surface area contributed by atoms with E-state index in [1.165, 1.54) is 0 Å². The molecule has 6 heteroatoms.